The number of nitrogens with one attached hydrogen (secondary N) is 2. The number of aromatic nitrogens is 2. The molecule has 0 bridgehead atoms. The summed E-state index contributed by atoms with van der Waals surface area (Å²) in [6.45, 7) is 1.89. The van der Waals surface area contributed by atoms with E-state index >= 15 is 0 Å². The van der Waals surface area contributed by atoms with Gasteiger partial charge in [0.2, 0.25) is 11.8 Å². The largest absolute Gasteiger partial charge is 0.349 e. The molecule has 1 aromatic heterocycles. The van der Waals surface area contributed by atoms with Gasteiger partial charge in [-0.25, -0.2) is 4.98 Å². The van der Waals surface area contributed by atoms with Gasteiger partial charge in [-0.3, -0.25) is 9.59 Å². The summed E-state index contributed by atoms with van der Waals surface area (Å²) in [5.74, 6) is -0.325. The predicted molar refractivity (Wildman–Crippen MR) is 53.7 cm³/mol. The fraction of sp³-hybridized carbons (Fsp3) is 0.444. The molecule has 0 aliphatic rings. The number of likely N-dealkylation sites (N-methyl/N-ethyl adjacent to an activating group) is 1. The number of carbonyl (C=O) groups excluding carboxylic acids is 2. The summed E-state index contributed by atoms with van der Waals surface area (Å²) in [4.78, 5) is 30.2. The van der Waals surface area contributed by atoms with Gasteiger partial charge in [0.15, 0.2) is 0 Å². The average molecular weight is 210 g/mol. The monoisotopic (exact) mass is 210 g/mol. The van der Waals surface area contributed by atoms with Crippen LogP contribution < -0.4 is 5.32 Å². The van der Waals surface area contributed by atoms with Gasteiger partial charge in [-0.1, -0.05) is 0 Å². The van der Waals surface area contributed by atoms with Crippen LogP contribution in [0.2, 0.25) is 0 Å². The number of H-pyrrole nitrogens is 1. The van der Waals surface area contributed by atoms with E-state index in [4.69, 9.17) is 0 Å². The minimum Gasteiger partial charge on any atom is -0.349 e. The lowest BCUT2D eigenvalue weighted by molar-refractivity contribution is -0.133. The number of amides is 2. The van der Waals surface area contributed by atoms with Gasteiger partial charge in [-0.2, -0.15) is 0 Å². The summed E-state index contributed by atoms with van der Waals surface area (Å²) in [6, 6.07) is 0. The molecule has 2 amide bonds. The van der Waals surface area contributed by atoms with Crippen LogP contribution in [0.1, 0.15) is 12.6 Å². The Morgan fingerprint density at radius 2 is 2.33 bits per heavy atom. The Morgan fingerprint density at radius 3 is 2.87 bits per heavy atom. The van der Waals surface area contributed by atoms with Crippen molar-refractivity contribution in [2.45, 2.75) is 13.5 Å². The SMILES string of the molecule is CC(=O)N(C)CC(=O)NCc1cnc[nH]1. The Balaban J connectivity index is 2.28. The highest BCUT2D eigenvalue weighted by Crippen LogP contribution is 1.89. The zero-order chi connectivity index (χ0) is 11.3. The molecule has 6 nitrogen and oxygen atoms in total. The van der Waals surface area contributed by atoms with Gasteiger partial charge in [0.25, 0.3) is 0 Å². The molecule has 0 aliphatic carbocycles. The smallest absolute Gasteiger partial charge is 0.239 e. The maximum absolute atomic E-state index is 11.3. The molecule has 0 aromatic carbocycles. The van der Waals surface area contributed by atoms with Crippen LogP contribution >= 0.6 is 0 Å². The summed E-state index contributed by atoms with van der Waals surface area (Å²) >= 11 is 0. The first-order chi connectivity index (χ1) is 7.09. The zero-order valence-corrected chi connectivity index (χ0v) is 8.78. The third-order valence-electron chi connectivity index (χ3n) is 1.95. The molecule has 1 heterocycles. The van der Waals surface area contributed by atoms with Crippen LogP contribution in [-0.2, 0) is 16.1 Å². The second-order valence-electron chi connectivity index (χ2n) is 3.23. The Kier molecular flexibility index (Phi) is 3.84. The molecule has 0 fully saturated rings. The lowest BCUT2D eigenvalue weighted by Crippen LogP contribution is -2.37. The van der Waals surface area contributed by atoms with Gasteiger partial charge in [0.05, 0.1) is 25.1 Å². The molecule has 0 radical (unpaired) electrons. The number of imidazole rings is 1. The Morgan fingerprint density at radius 1 is 1.60 bits per heavy atom. The molecule has 0 saturated heterocycles. The number of carbonyl (C=O) groups is 2. The molecule has 0 spiro atoms. The molecular weight excluding hydrogens is 196 g/mol. The molecule has 82 valence electrons. The zero-order valence-electron chi connectivity index (χ0n) is 8.78. The number of hydrogen-bond donors (Lipinski definition) is 2. The van der Waals surface area contributed by atoms with Crippen molar-refractivity contribution in [3.63, 3.8) is 0 Å². The molecule has 15 heavy (non-hydrogen) atoms. The van der Waals surface area contributed by atoms with Crippen LogP contribution in [0.5, 0.6) is 0 Å². The summed E-state index contributed by atoms with van der Waals surface area (Å²) < 4.78 is 0. The van der Waals surface area contributed by atoms with Crippen molar-refractivity contribution in [1.82, 2.24) is 20.2 Å². The molecule has 0 aliphatic heterocycles. The molecule has 0 saturated carbocycles. The first kappa shape index (κ1) is 11.2. The van der Waals surface area contributed by atoms with E-state index in [-0.39, 0.29) is 18.4 Å². The van der Waals surface area contributed by atoms with E-state index in [1.54, 1.807) is 19.6 Å². The molecule has 0 atom stereocenters. The van der Waals surface area contributed by atoms with Crippen molar-refractivity contribution in [3.05, 3.63) is 18.2 Å². The molecule has 6 heteroatoms. The van der Waals surface area contributed by atoms with Gasteiger partial charge >= 0.3 is 0 Å². The highest BCUT2D eigenvalue weighted by atomic mass is 16.2. The molecule has 0 unspecified atom stereocenters. The van der Waals surface area contributed by atoms with E-state index in [1.165, 1.54) is 11.8 Å². The lowest BCUT2D eigenvalue weighted by atomic mass is 10.4. The molecule has 2 N–H and O–H groups in total. The second-order valence-corrected chi connectivity index (χ2v) is 3.23. The quantitative estimate of drug-likeness (QED) is 0.703. The fourth-order valence-corrected chi connectivity index (χ4v) is 0.958. The maximum Gasteiger partial charge on any atom is 0.239 e. The number of hydrogen-bond acceptors (Lipinski definition) is 3. The summed E-state index contributed by atoms with van der Waals surface area (Å²) in [7, 11) is 1.58. The van der Waals surface area contributed by atoms with Crippen molar-refractivity contribution < 1.29 is 9.59 Å². The molecular formula is C9H14N4O2. The van der Waals surface area contributed by atoms with E-state index in [0.717, 1.165) is 5.69 Å². The van der Waals surface area contributed by atoms with Gasteiger partial charge in [-0.15, -0.1) is 0 Å². The van der Waals surface area contributed by atoms with Gasteiger partial charge in [0.1, 0.15) is 0 Å². The van der Waals surface area contributed by atoms with Crippen LogP contribution in [0.15, 0.2) is 12.5 Å². The van der Waals surface area contributed by atoms with E-state index < -0.39 is 0 Å². The highest BCUT2D eigenvalue weighted by Gasteiger charge is 2.08. The van der Waals surface area contributed by atoms with E-state index in [9.17, 15) is 9.59 Å². The summed E-state index contributed by atoms with van der Waals surface area (Å²) in [5.41, 5.74) is 0.828. The minimum absolute atomic E-state index is 0.0729. The van der Waals surface area contributed by atoms with E-state index in [2.05, 4.69) is 15.3 Å². The Bertz CT molecular complexity index is 334. The number of rotatable bonds is 4. The topological polar surface area (TPSA) is 78.1 Å². The van der Waals surface area contributed by atoms with Gasteiger partial charge in [-0.05, 0) is 0 Å². The standard InChI is InChI=1S/C9H14N4O2/c1-7(14)13(2)5-9(15)11-4-8-3-10-6-12-8/h3,6H,4-5H2,1-2H3,(H,10,12)(H,11,15). The first-order valence-electron chi connectivity index (χ1n) is 4.55. The van der Waals surface area contributed by atoms with Crippen LogP contribution in [-0.4, -0.2) is 40.3 Å². The fourth-order valence-electron chi connectivity index (χ4n) is 0.958. The predicted octanol–water partition coefficient (Wildman–Crippen LogP) is -0.496. The van der Waals surface area contributed by atoms with Gasteiger partial charge < -0.3 is 15.2 Å². The first-order valence-corrected chi connectivity index (χ1v) is 4.55. The van der Waals surface area contributed by atoms with Crippen molar-refractivity contribution >= 4 is 11.8 Å². The Labute approximate surface area is 87.7 Å². The maximum atomic E-state index is 11.3. The van der Waals surface area contributed by atoms with E-state index in [0.29, 0.717) is 6.54 Å². The van der Waals surface area contributed by atoms with Crippen molar-refractivity contribution in [3.8, 4) is 0 Å². The second kappa shape index (κ2) is 5.14. The number of nitrogens with zero attached hydrogens (tertiary/aromatic N) is 2. The van der Waals surface area contributed by atoms with E-state index in [1.807, 2.05) is 0 Å². The normalized spacial score (nSPS) is 9.73. The van der Waals surface area contributed by atoms with Gasteiger partial charge in [0, 0.05) is 20.2 Å². The summed E-state index contributed by atoms with van der Waals surface area (Å²) in [6.07, 6.45) is 3.18. The molecule has 1 rings (SSSR count). The average Bonchev–Trinajstić information content (AvgIpc) is 2.66. The van der Waals surface area contributed by atoms with Crippen molar-refractivity contribution in [1.29, 1.82) is 0 Å². The molecule has 1 aromatic rings. The Hall–Kier alpha value is -1.85. The van der Waals surface area contributed by atoms with Crippen molar-refractivity contribution in [2.75, 3.05) is 13.6 Å². The summed E-state index contributed by atoms with van der Waals surface area (Å²) in [5, 5.41) is 2.67. The van der Waals surface area contributed by atoms with Crippen LogP contribution in [0.3, 0.4) is 0 Å². The highest BCUT2D eigenvalue weighted by molar-refractivity contribution is 5.83. The third-order valence-corrected chi connectivity index (χ3v) is 1.95. The minimum atomic E-state index is -0.192. The van der Waals surface area contributed by atoms with Crippen LogP contribution in [0, 0.1) is 0 Å². The van der Waals surface area contributed by atoms with Crippen LogP contribution in [0.4, 0.5) is 0 Å². The van der Waals surface area contributed by atoms with Crippen LogP contribution in [0.25, 0.3) is 0 Å². The number of aromatic amines is 1. The van der Waals surface area contributed by atoms with Crippen molar-refractivity contribution in [2.24, 2.45) is 0 Å². The lowest BCUT2D eigenvalue weighted by Gasteiger charge is -2.13. The third kappa shape index (κ3) is 3.80.